The van der Waals surface area contributed by atoms with Crippen LogP contribution in [0.15, 0.2) is 5.38 Å². The van der Waals surface area contributed by atoms with Crippen molar-refractivity contribution in [3.8, 4) is 0 Å². The molecule has 1 aromatic heterocycles. The Bertz CT molecular complexity index is 323. The van der Waals surface area contributed by atoms with E-state index in [0.29, 0.717) is 12.0 Å². The van der Waals surface area contributed by atoms with Crippen LogP contribution in [-0.2, 0) is 0 Å². The number of anilines is 1. The van der Waals surface area contributed by atoms with Crippen LogP contribution in [0.3, 0.4) is 0 Å². The largest absolute Gasteiger partial charge is 0.348 e. The third-order valence-corrected chi connectivity index (χ3v) is 4.38. The molecule has 0 aliphatic heterocycles. The molecular formula is C11H19N3S. The summed E-state index contributed by atoms with van der Waals surface area (Å²) >= 11 is 1.73. The first-order valence-corrected chi connectivity index (χ1v) is 6.45. The number of nitrogens with zero attached hydrogens (tertiary/aromatic N) is 2. The molecule has 1 aromatic rings. The number of rotatable bonds is 3. The number of thiazole rings is 1. The summed E-state index contributed by atoms with van der Waals surface area (Å²) in [6, 6.07) is 0.598. The van der Waals surface area contributed by atoms with E-state index in [1.165, 1.54) is 19.3 Å². The maximum absolute atomic E-state index is 5.80. The predicted octanol–water partition coefficient (Wildman–Crippen LogP) is 2.02. The summed E-state index contributed by atoms with van der Waals surface area (Å²) in [5.74, 6) is 0.652. The monoisotopic (exact) mass is 225 g/mol. The molecule has 2 N–H and O–H groups in total. The third-order valence-electron chi connectivity index (χ3n) is 3.33. The average molecular weight is 225 g/mol. The Labute approximate surface area is 95.3 Å². The summed E-state index contributed by atoms with van der Waals surface area (Å²) in [7, 11) is 2.15. The molecule has 84 valence electrons. The van der Waals surface area contributed by atoms with Gasteiger partial charge in [-0.05, 0) is 32.2 Å². The first-order valence-electron chi connectivity index (χ1n) is 5.57. The fraction of sp³-hybridized carbons (Fsp3) is 0.727. The Morgan fingerprint density at radius 1 is 1.60 bits per heavy atom. The molecule has 1 aliphatic rings. The Morgan fingerprint density at radius 2 is 2.40 bits per heavy atom. The zero-order chi connectivity index (χ0) is 10.8. The zero-order valence-corrected chi connectivity index (χ0v) is 10.3. The van der Waals surface area contributed by atoms with Crippen LogP contribution in [-0.4, -0.2) is 24.6 Å². The van der Waals surface area contributed by atoms with Crippen LogP contribution in [0.2, 0.25) is 0 Å². The van der Waals surface area contributed by atoms with Crippen molar-refractivity contribution in [2.45, 2.75) is 32.2 Å². The molecule has 3 nitrogen and oxygen atoms in total. The van der Waals surface area contributed by atoms with Crippen LogP contribution in [0.5, 0.6) is 0 Å². The molecule has 2 atom stereocenters. The highest BCUT2D eigenvalue weighted by atomic mass is 32.1. The van der Waals surface area contributed by atoms with Crippen LogP contribution >= 0.6 is 11.3 Å². The highest BCUT2D eigenvalue weighted by Gasteiger charge is 2.30. The third kappa shape index (κ3) is 2.16. The predicted molar refractivity (Wildman–Crippen MR) is 65.4 cm³/mol. The minimum atomic E-state index is 0.598. The van der Waals surface area contributed by atoms with E-state index >= 15 is 0 Å². The van der Waals surface area contributed by atoms with Crippen molar-refractivity contribution in [3.05, 3.63) is 11.1 Å². The first-order chi connectivity index (χ1) is 7.22. The van der Waals surface area contributed by atoms with Crippen LogP contribution in [0, 0.1) is 12.8 Å². The van der Waals surface area contributed by atoms with Crippen molar-refractivity contribution in [2.24, 2.45) is 11.7 Å². The van der Waals surface area contributed by atoms with Crippen LogP contribution < -0.4 is 10.6 Å². The molecule has 1 saturated carbocycles. The lowest BCUT2D eigenvalue weighted by atomic mass is 10.0. The molecule has 0 saturated heterocycles. The second kappa shape index (κ2) is 4.49. The summed E-state index contributed by atoms with van der Waals surface area (Å²) in [5.41, 5.74) is 6.92. The number of aromatic nitrogens is 1. The second-order valence-electron chi connectivity index (χ2n) is 4.38. The molecule has 2 unspecified atom stereocenters. The van der Waals surface area contributed by atoms with Gasteiger partial charge in [0.15, 0.2) is 5.13 Å². The van der Waals surface area contributed by atoms with Gasteiger partial charge < -0.3 is 10.6 Å². The average Bonchev–Trinajstić information content (AvgIpc) is 2.84. The summed E-state index contributed by atoms with van der Waals surface area (Å²) in [6.07, 6.45) is 3.84. The van der Waals surface area contributed by atoms with Crippen LogP contribution in [0.4, 0.5) is 5.13 Å². The molecule has 0 bridgehead atoms. The van der Waals surface area contributed by atoms with Gasteiger partial charge in [0.05, 0.1) is 5.69 Å². The van der Waals surface area contributed by atoms with Crippen molar-refractivity contribution in [3.63, 3.8) is 0 Å². The number of aryl methyl sites for hydroxylation is 1. The van der Waals surface area contributed by atoms with E-state index in [0.717, 1.165) is 17.4 Å². The van der Waals surface area contributed by atoms with Crippen molar-refractivity contribution in [1.29, 1.82) is 0 Å². The van der Waals surface area contributed by atoms with Crippen molar-refractivity contribution in [2.75, 3.05) is 18.5 Å². The molecule has 0 spiro atoms. The molecule has 1 heterocycles. The minimum Gasteiger partial charge on any atom is -0.348 e. The molecule has 2 rings (SSSR count). The van der Waals surface area contributed by atoms with E-state index in [-0.39, 0.29) is 0 Å². The molecule has 15 heavy (non-hydrogen) atoms. The summed E-state index contributed by atoms with van der Waals surface area (Å²) in [4.78, 5) is 6.85. The van der Waals surface area contributed by atoms with Gasteiger partial charge in [0.2, 0.25) is 0 Å². The van der Waals surface area contributed by atoms with Gasteiger partial charge in [-0.3, -0.25) is 0 Å². The fourth-order valence-electron chi connectivity index (χ4n) is 2.45. The van der Waals surface area contributed by atoms with Gasteiger partial charge in [-0.1, -0.05) is 6.42 Å². The van der Waals surface area contributed by atoms with Gasteiger partial charge >= 0.3 is 0 Å². The molecule has 0 aromatic carbocycles. The van der Waals surface area contributed by atoms with Crippen molar-refractivity contribution in [1.82, 2.24) is 4.98 Å². The van der Waals surface area contributed by atoms with E-state index in [1.54, 1.807) is 11.3 Å². The molecule has 0 radical (unpaired) electrons. The molecular weight excluding hydrogens is 206 g/mol. The smallest absolute Gasteiger partial charge is 0.185 e. The van der Waals surface area contributed by atoms with Crippen molar-refractivity contribution < 1.29 is 0 Å². The Balaban J connectivity index is 2.10. The minimum absolute atomic E-state index is 0.598. The van der Waals surface area contributed by atoms with E-state index in [1.807, 2.05) is 6.92 Å². The lowest BCUT2D eigenvalue weighted by Crippen LogP contribution is -2.37. The summed E-state index contributed by atoms with van der Waals surface area (Å²) in [5, 5.41) is 3.25. The van der Waals surface area contributed by atoms with E-state index in [2.05, 4.69) is 22.3 Å². The van der Waals surface area contributed by atoms with Crippen LogP contribution in [0.25, 0.3) is 0 Å². The Hall–Kier alpha value is -0.610. The normalized spacial score (nSPS) is 25.8. The van der Waals surface area contributed by atoms with Crippen LogP contribution in [0.1, 0.15) is 25.0 Å². The maximum atomic E-state index is 5.80. The fourth-order valence-corrected chi connectivity index (χ4v) is 3.27. The highest BCUT2D eigenvalue weighted by molar-refractivity contribution is 7.13. The van der Waals surface area contributed by atoms with Gasteiger partial charge in [0.25, 0.3) is 0 Å². The quantitative estimate of drug-likeness (QED) is 0.855. The first kappa shape index (κ1) is 10.9. The summed E-state index contributed by atoms with van der Waals surface area (Å²) < 4.78 is 0. The van der Waals surface area contributed by atoms with E-state index < -0.39 is 0 Å². The Morgan fingerprint density at radius 3 is 3.00 bits per heavy atom. The zero-order valence-electron chi connectivity index (χ0n) is 9.44. The second-order valence-corrected chi connectivity index (χ2v) is 5.21. The number of hydrogen-bond donors (Lipinski definition) is 1. The SMILES string of the molecule is Cc1csc(N(C)C2CCCC2CN)n1. The standard InChI is InChI=1S/C11H19N3S/c1-8-7-15-11(13-8)14(2)10-5-3-4-9(10)6-12/h7,9-10H,3-6,12H2,1-2H3. The van der Waals surface area contributed by atoms with Gasteiger partial charge in [0, 0.05) is 18.5 Å². The van der Waals surface area contributed by atoms with Crippen molar-refractivity contribution >= 4 is 16.5 Å². The topological polar surface area (TPSA) is 42.1 Å². The molecule has 1 fully saturated rings. The summed E-state index contributed by atoms with van der Waals surface area (Å²) in [6.45, 7) is 2.85. The van der Waals surface area contributed by atoms with Gasteiger partial charge in [0.1, 0.15) is 0 Å². The molecule has 4 heteroatoms. The number of hydrogen-bond acceptors (Lipinski definition) is 4. The van der Waals surface area contributed by atoms with Gasteiger partial charge in [-0.2, -0.15) is 0 Å². The maximum Gasteiger partial charge on any atom is 0.185 e. The Kier molecular flexibility index (Phi) is 3.26. The number of nitrogens with two attached hydrogens (primary N) is 1. The van der Waals surface area contributed by atoms with Gasteiger partial charge in [-0.25, -0.2) is 4.98 Å². The lowest BCUT2D eigenvalue weighted by molar-refractivity contribution is 0.474. The van der Waals surface area contributed by atoms with E-state index in [9.17, 15) is 0 Å². The lowest BCUT2D eigenvalue weighted by Gasteiger charge is -2.28. The van der Waals surface area contributed by atoms with E-state index in [4.69, 9.17) is 5.73 Å². The molecule has 1 aliphatic carbocycles. The van der Waals surface area contributed by atoms with Gasteiger partial charge in [-0.15, -0.1) is 11.3 Å². The molecule has 0 amide bonds. The highest BCUT2D eigenvalue weighted by Crippen LogP contribution is 2.32.